The molecule has 0 radical (unpaired) electrons. The molecule has 9 heteroatoms. The summed E-state index contributed by atoms with van der Waals surface area (Å²) in [5, 5.41) is 5.69. The van der Waals surface area contributed by atoms with Gasteiger partial charge in [0.25, 0.3) is 10.1 Å². The average molecular weight is 296 g/mol. The average Bonchev–Trinajstić information content (AvgIpc) is 2.41. The van der Waals surface area contributed by atoms with Crippen LogP contribution >= 0.6 is 0 Å². The van der Waals surface area contributed by atoms with Gasteiger partial charge in [-0.15, -0.1) is 0 Å². The Balaban J connectivity index is 2.01. The van der Waals surface area contributed by atoms with Crippen molar-refractivity contribution in [1.29, 1.82) is 0 Å². The lowest BCUT2D eigenvalue weighted by atomic mass is 10.0. The number of nitrogens with one attached hydrogen (secondary N) is 1. The summed E-state index contributed by atoms with van der Waals surface area (Å²) in [5.41, 5.74) is 9.22. The second-order valence-electron chi connectivity index (χ2n) is 4.32. The first kappa shape index (κ1) is 14.3. The van der Waals surface area contributed by atoms with Crippen LogP contribution in [0.4, 0.5) is 0 Å². The van der Waals surface area contributed by atoms with E-state index in [0.29, 0.717) is 0 Å². The van der Waals surface area contributed by atoms with Crippen LogP contribution in [-0.4, -0.2) is 33.0 Å². The Hall–Kier alpha value is -2.09. The molecular weight excluding hydrogens is 284 g/mol. The number of nitrogens with zero attached hydrogens (tertiary/aromatic N) is 3. The molecule has 1 aromatic carbocycles. The second-order valence-corrected chi connectivity index (χ2v) is 5.93. The van der Waals surface area contributed by atoms with Gasteiger partial charge in [-0.05, 0) is 24.6 Å². The van der Waals surface area contributed by atoms with Crippen LogP contribution in [0, 0.1) is 6.92 Å². The number of azide groups is 1. The van der Waals surface area contributed by atoms with Gasteiger partial charge in [0, 0.05) is 4.91 Å². The summed E-state index contributed by atoms with van der Waals surface area (Å²) in [6, 6.07) is 4.64. The first-order chi connectivity index (χ1) is 9.44. The van der Waals surface area contributed by atoms with Crippen molar-refractivity contribution in [2.24, 2.45) is 5.11 Å². The zero-order valence-electron chi connectivity index (χ0n) is 10.6. The summed E-state index contributed by atoms with van der Waals surface area (Å²) >= 11 is 0. The van der Waals surface area contributed by atoms with E-state index in [0.717, 1.165) is 5.56 Å². The van der Waals surface area contributed by atoms with Crippen LogP contribution in [0.25, 0.3) is 10.4 Å². The molecule has 1 aliphatic rings. The van der Waals surface area contributed by atoms with E-state index in [2.05, 4.69) is 15.3 Å². The molecule has 0 saturated carbocycles. The Morgan fingerprint density at radius 3 is 2.60 bits per heavy atom. The predicted molar refractivity (Wildman–Crippen MR) is 69.2 cm³/mol. The molecule has 106 valence electrons. The van der Waals surface area contributed by atoms with Gasteiger partial charge in [-0.25, -0.2) is 0 Å². The van der Waals surface area contributed by atoms with E-state index in [1.54, 1.807) is 12.1 Å². The molecule has 1 heterocycles. The SMILES string of the molecule is Cc1ccc(S(=O)(=O)OC[C@H]2NC(=O)[C@H]2N=[N+]=[N-])cc1. The number of β-lactam (4-membered cyclic amide) rings is 1. The third-order valence-electron chi connectivity index (χ3n) is 2.87. The van der Waals surface area contributed by atoms with Crippen LogP contribution in [0.5, 0.6) is 0 Å². The Kier molecular flexibility index (Phi) is 3.93. The maximum absolute atomic E-state index is 11.9. The molecule has 0 aliphatic carbocycles. The van der Waals surface area contributed by atoms with Crippen LogP contribution in [0.15, 0.2) is 34.3 Å². The molecule has 0 unspecified atom stereocenters. The molecule has 2 rings (SSSR count). The summed E-state index contributed by atoms with van der Waals surface area (Å²) < 4.78 is 28.6. The van der Waals surface area contributed by atoms with Gasteiger partial charge in [0.2, 0.25) is 5.91 Å². The fourth-order valence-corrected chi connectivity index (χ4v) is 2.62. The summed E-state index contributed by atoms with van der Waals surface area (Å²) in [4.78, 5) is 13.6. The highest BCUT2D eigenvalue weighted by atomic mass is 32.2. The Labute approximate surface area is 115 Å². The Morgan fingerprint density at radius 1 is 1.40 bits per heavy atom. The highest BCUT2D eigenvalue weighted by Gasteiger charge is 2.39. The van der Waals surface area contributed by atoms with Crippen molar-refractivity contribution in [1.82, 2.24) is 5.32 Å². The number of benzene rings is 1. The summed E-state index contributed by atoms with van der Waals surface area (Å²) in [6.45, 7) is 1.57. The third kappa shape index (κ3) is 2.90. The summed E-state index contributed by atoms with van der Waals surface area (Å²) in [7, 11) is -3.89. The zero-order valence-corrected chi connectivity index (χ0v) is 11.4. The van der Waals surface area contributed by atoms with Crippen molar-refractivity contribution in [3.63, 3.8) is 0 Å². The maximum Gasteiger partial charge on any atom is 0.297 e. The zero-order chi connectivity index (χ0) is 14.8. The van der Waals surface area contributed by atoms with E-state index in [1.165, 1.54) is 12.1 Å². The van der Waals surface area contributed by atoms with Crippen molar-refractivity contribution in [3.05, 3.63) is 40.3 Å². The van der Waals surface area contributed by atoms with Gasteiger partial charge in [0.15, 0.2) is 0 Å². The van der Waals surface area contributed by atoms with E-state index in [-0.39, 0.29) is 11.5 Å². The maximum atomic E-state index is 11.9. The first-order valence-electron chi connectivity index (χ1n) is 5.75. The molecule has 0 aromatic heterocycles. The smallest absolute Gasteiger partial charge is 0.297 e. The van der Waals surface area contributed by atoms with E-state index in [4.69, 9.17) is 9.71 Å². The number of amides is 1. The third-order valence-corrected chi connectivity index (χ3v) is 4.16. The highest BCUT2D eigenvalue weighted by Crippen LogP contribution is 2.17. The van der Waals surface area contributed by atoms with E-state index >= 15 is 0 Å². The molecule has 0 bridgehead atoms. The lowest BCUT2D eigenvalue weighted by Gasteiger charge is -2.32. The lowest BCUT2D eigenvalue weighted by molar-refractivity contribution is -0.131. The Morgan fingerprint density at radius 2 is 2.05 bits per heavy atom. The van der Waals surface area contributed by atoms with E-state index in [1.807, 2.05) is 6.92 Å². The standard InChI is InChI=1S/C11H12N4O4S/c1-7-2-4-8(5-3-7)20(17,18)19-6-9-10(14-15-12)11(16)13-9/h2-5,9-10H,6H2,1H3,(H,13,16)/t9-,10+/m1/s1. The molecule has 1 aromatic rings. The lowest BCUT2D eigenvalue weighted by Crippen LogP contribution is -2.63. The number of hydrogen-bond acceptors (Lipinski definition) is 5. The highest BCUT2D eigenvalue weighted by molar-refractivity contribution is 7.86. The van der Waals surface area contributed by atoms with E-state index < -0.39 is 28.1 Å². The predicted octanol–water partition coefficient (Wildman–Crippen LogP) is 0.878. The second kappa shape index (κ2) is 5.49. The molecule has 1 aliphatic heterocycles. The quantitative estimate of drug-likeness (QED) is 0.285. The van der Waals surface area contributed by atoms with Gasteiger partial charge in [0.1, 0.15) is 6.04 Å². The fourth-order valence-electron chi connectivity index (χ4n) is 1.69. The number of rotatable bonds is 5. The molecule has 0 spiro atoms. The topological polar surface area (TPSA) is 121 Å². The summed E-state index contributed by atoms with van der Waals surface area (Å²) in [5.74, 6) is -0.441. The van der Waals surface area contributed by atoms with Gasteiger partial charge >= 0.3 is 0 Å². The molecule has 1 amide bonds. The number of aryl methyl sites for hydroxylation is 1. The minimum absolute atomic E-state index is 0.0362. The number of carbonyl (C=O) groups is 1. The van der Waals surface area contributed by atoms with Gasteiger partial charge in [-0.2, -0.15) is 8.42 Å². The molecule has 1 saturated heterocycles. The fraction of sp³-hybridized carbons (Fsp3) is 0.364. The van der Waals surface area contributed by atoms with Crippen molar-refractivity contribution >= 4 is 16.0 Å². The minimum Gasteiger partial charge on any atom is -0.350 e. The number of carbonyl (C=O) groups excluding carboxylic acids is 1. The van der Waals surface area contributed by atoms with Crippen molar-refractivity contribution in [2.75, 3.05) is 6.61 Å². The van der Waals surface area contributed by atoms with Gasteiger partial charge < -0.3 is 5.32 Å². The van der Waals surface area contributed by atoms with Crippen molar-refractivity contribution < 1.29 is 17.4 Å². The largest absolute Gasteiger partial charge is 0.350 e. The van der Waals surface area contributed by atoms with Gasteiger partial charge in [-0.1, -0.05) is 22.8 Å². The monoisotopic (exact) mass is 296 g/mol. The first-order valence-corrected chi connectivity index (χ1v) is 7.15. The van der Waals surface area contributed by atoms with Crippen LogP contribution < -0.4 is 5.32 Å². The van der Waals surface area contributed by atoms with Crippen molar-refractivity contribution in [2.45, 2.75) is 23.9 Å². The van der Waals surface area contributed by atoms with Crippen LogP contribution in [0.3, 0.4) is 0 Å². The molecular formula is C11H12N4O4S. The summed E-state index contributed by atoms with van der Waals surface area (Å²) in [6.07, 6.45) is 0. The molecule has 20 heavy (non-hydrogen) atoms. The molecule has 8 nitrogen and oxygen atoms in total. The molecule has 1 fully saturated rings. The van der Waals surface area contributed by atoms with E-state index in [9.17, 15) is 13.2 Å². The van der Waals surface area contributed by atoms with Crippen molar-refractivity contribution in [3.8, 4) is 0 Å². The van der Waals surface area contributed by atoms with Gasteiger partial charge in [-0.3, -0.25) is 8.98 Å². The van der Waals surface area contributed by atoms with Crippen LogP contribution in [0.2, 0.25) is 0 Å². The molecule has 2 atom stereocenters. The number of hydrogen-bond donors (Lipinski definition) is 1. The van der Waals surface area contributed by atoms with Crippen LogP contribution in [0.1, 0.15) is 5.56 Å². The minimum atomic E-state index is -3.89. The normalized spacial score (nSPS) is 21.6. The molecule has 1 N–H and O–H groups in total. The van der Waals surface area contributed by atoms with Crippen LogP contribution in [-0.2, 0) is 19.1 Å². The Bertz CT molecular complexity index is 662. The van der Waals surface area contributed by atoms with Gasteiger partial charge in [0.05, 0.1) is 17.5 Å².